The van der Waals surface area contributed by atoms with Crippen molar-refractivity contribution in [1.29, 1.82) is 0 Å². The molecule has 0 spiro atoms. The number of fused-ring (bicyclic) bond motifs is 1. The van der Waals surface area contributed by atoms with E-state index < -0.39 is 17.8 Å². The first-order valence-electron chi connectivity index (χ1n) is 8.48. The first kappa shape index (κ1) is 19.4. The average Bonchev–Trinajstić information content (AvgIpc) is 2.66. The molecule has 0 saturated carbocycles. The van der Waals surface area contributed by atoms with Crippen molar-refractivity contribution in [2.45, 2.75) is 25.1 Å². The number of alkyl halides is 3. The van der Waals surface area contributed by atoms with Crippen LogP contribution in [0.4, 0.5) is 29.3 Å². The van der Waals surface area contributed by atoms with Gasteiger partial charge in [-0.25, -0.2) is 4.79 Å². The summed E-state index contributed by atoms with van der Waals surface area (Å²) in [5.74, 6) is 0. The molecule has 2 aromatic carbocycles. The largest absolute Gasteiger partial charge is 0.416 e. The van der Waals surface area contributed by atoms with Gasteiger partial charge in [-0.3, -0.25) is 0 Å². The highest BCUT2D eigenvalue weighted by Crippen LogP contribution is 2.31. The number of hydrogen-bond donors (Lipinski definition) is 3. The molecule has 28 heavy (non-hydrogen) atoms. The number of benzene rings is 2. The molecule has 9 heteroatoms. The number of nitrogens with zero attached hydrogens (tertiary/aromatic N) is 1. The quantitative estimate of drug-likeness (QED) is 0.666. The maximum Gasteiger partial charge on any atom is 0.416 e. The van der Waals surface area contributed by atoms with E-state index in [-0.39, 0.29) is 11.7 Å². The zero-order valence-corrected chi connectivity index (χ0v) is 14.6. The summed E-state index contributed by atoms with van der Waals surface area (Å²) in [4.78, 5) is 22.8. The van der Waals surface area contributed by atoms with Crippen molar-refractivity contribution in [2.75, 3.05) is 10.6 Å². The molecule has 1 aliphatic heterocycles. The number of anilines is 2. The van der Waals surface area contributed by atoms with E-state index >= 15 is 0 Å². The molecule has 6 nitrogen and oxygen atoms in total. The Hall–Kier alpha value is -3.36. The molecule has 1 atom stereocenters. The molecule has 146 valence electrons. The van der Waals surface area contributed by atoms with Gasteiger partial charge in [0.25, 0.3) is 0 Å². The zero-order valence-electron chi connectivity index (χ0n) is 14.6. The monoisotopic (exact) mass is 390 g/mol. The number of nitrogens with one attached hydrogen (secondary N) is 3. The van der Waals surface area contributed by atoms with Gasteiger partial charge in [0.2, 0.25) is 0 Å². The first-order chi connectivity index (χ1) is 13.4. The van der Waals surface area contributed by atoms with E-state index in [9.17, 15) is 22.8 Å². The predicted octanol–water partition coefficient (Wildman–Crippen LogP) is 4.31. The summed E-state index contributed by atoms with van der Waals surface area (Å²) >= 11 is 0. The van der Waals surface area contributed by atoms with Gasteiger partial charge < -0.3 is 20.9 Å². The van der Waals surface area contributed by atoms with Crippen LogP contribution in [0.5, 0.6) is 0 Å². The molecular weight excluding hydrogens is 373 g/mol. The van der Waals surface area contributed by atoms with Crippen molar-refractivity contribution in [3.63, 3.8) is 0 Å². The van der Waals surface area contributed by atoms with Crippen LogP contribution < -0.4 is 16.1 Å². The van der Waals surface area contributed by atoms with Gasteiger partial charge in [0.1, 0.15) is 6.29 Å². The number of carbonyl (C=O) groups is 2. The Morgan fingerprint density at radius 2 is 1.89 bits per heavy atom. The smallest absolute Gasteiger partial charge is 0.308 e. The average molecular weight is 390 g/mol. The number of amides is 2. The molecular formula is C19H17F3N4O2. The number of hydrogen-bond acceptors (Lipinski definition) is 4. The lowest BCUT2D eigenvalue weighted by Gasteiger charge is -2.23. The molecule has 0 radical (unpaired) electrons. The summed E-state index contributed by atoms with van der Waals surface area (Å²) in [6, 6.07) is 8.74. The highest BCUT2D eigenvalue weighted by Gasteiger charge is 2.30. The molecule has 0 saturated heterocycles. The van der Waals surface area contributed by atoms with Gasteiger partial charge in [0.15, 0.2) is 0 Å². The van der Waals surface area contributed by atoms with Gasteiger partial charge >= 0.3 is 12.2 Å². The SMILES string of the molecule is O=CCCC1NN=Cc2ccc(NC(=O)Nc3cccc(C(F)(F)F)c3)cc21. The molecule has 2 aromatic rings. The van der Waals surface area contributed by atoms with Crippen LogP contribution in [0.15, 0.2) is 47.6 Å². The van der Waals surface area contributed by atoms with Gasteiger partial charge in [-0.05, 0) is 47.9 Å². The van der Waals surface area contributed by atoms with Gasteiger partial charge in [-0.1, -0.05) is 12.1 Å². The summed E-state index contributed by atoms with van der Waals surface area (Å²) in [6.45, 7) is 0. The molecule has 3 N–H and O–H groups in total. The second-order valence-electron chi connectivity index (χ2n) is 6.19. The van der Waals surface area contributed by atoms with Crippen LogP contribution >= 0.6 is 0 Å². The number of carbonyl (C=O) groups excluding carboxylic acids is 2. The topological polar surface area (TPSA) is 82.6 Å². The molecule has 3 rings (SSSR count). The summed E-state index contributed by atoms with van der Waals surface area (Å²) < 4.78 is 38.3. The number of halogens is 3. The maximum atomic E-state index is 12.8. The lowest BCUT2D eigenvalue weighted by atomic mass is 9.96. The molecule has 1 unspecified atom stereocenters. The standard InChI is InChI=1S/C19H17F3N4O2/c20-19(21,22)13-3-1-4-14(9-13)24-18(28)25-15-7-6-12-11-23-26-17(5-2-8-27)16(12)10-15/h1,3-4,6-11,17,26H,2,5H2,(H2,24,25,28). The van der Waals surface area contributed by atoms with Crippen LogP contribution in [0, 0.1) is 0 Å². The summed E-state index contributed by atoms with van der Waals surface area (Å²) in [7, 11) is 0. The number of aldehydes is 1. The van der Waals surface area contributed by atoms with E-state index in [1.54, 1.807) is 24.4 Å². The fourth-order valence-corrected chi connectivity index (χ4v) is 2.86. The second-order valence-corrected chi connectivity index (χ2v) is 6.19. The third kappa shape index (κ3) is 4.67. The molecule has 0 aromatic heterocycles. The van der Waals surface area contributed by atoms with E-state index in [0.29, 0.717) is 18.5 Å². The normalized spacial score (nSPS) is 15.3. The van der Waals surface area contributed by atoms with E-state index in [0.717, 1.165) is 29.5 Å². The molecule has 2 amide bonds. The minimum absolute atomic E-state index is 0.0305. The van der Waals surface area contributed by atoms with Crippen LogP contribution in [0.3, 0.4) is 0 Å². The van der Waals surface area contributed by atoms with Crippen molar-refractivity contribution in [3.8, 4) is 0 Å². The van der Waals surface area contributed by atoms with Crippen molar-refractivity contribution in [2.24, 2.45) is 5.10 Å². The van der Waals surface area contributed by atoms with Gasteiger partial charge in [-0.2, -0.15) is 18.3 Å². The molecule has 0 aliphatic carbocycles. The van der Waals surface area contributed by atoms with E-state index in [2.05, 4.69) is 21.2 Å². The van der Waals surface area contributed by atoms with Crippen LogP contribution in [-0.2, 0) is 11.0 Å². The second kappa shape index (κ2) is 8.12. The summed E-state index contributed by atoms with van der Waals surface area (Å²) in [5.41, 5.74) is 4.31. The minimum Gasteiger partial charge on any atom is -0.308 e. The number of rotatable bonds is 5. The van der Waals surface area contributed by atoms with Crippen LogP contribution in [0.1, 0.15) is 35.6 Å². The van der Waals surface area contributed by atoms with Crippen LogP contribution in [-0.4, -0.2) is 18.5 Å². The Balaban J connectivity index is 1.71. The molecule has 1 aliphatic rings. The van der Waals surface area contributed by atoms with E-state index in [4.69, 9.17) is 0 Å². The van der Waals surface area contributed by atoms with Crippen molar-refractivity contribution in [1.82, 2.24) is 5.43 Å². The fourth-order valence-electron chi connectivity index (χ4n) is 2.86. The third-order valence-corrected chi connectivity index (χ3v) is 4.18. The Kier molecular flexibility index (Phi) is 5.62. The van der Waals surface area contributed by atoms with Crippen LogP contribution in [0.25, 0.3) is 0 Å². The Morgan fingerprint density at radius 3 is 2.61 bits per heavy atom. The third-order valence-electron chi connectivity index (χ3n) is 4.18. The van der Waals surface area contributed by atoms with Gasteiger partial charge in [-0.15, -0.1) is 0 Å². The highest BCUT2D eigenvalue weighted by molar-refractivity contribution is 6.00. The van der Waals surface area contributed by atoms with Gasteiger partial charge in [0, 0.05) is 17.8 Å². The predicted molar refractivity (Wildman–Crippen MR) is 99.3 cm³/mol. The fraction of sp³-hybridized carbons (Fsp3) is 0.211. The number of hydrazone groups is 1. The molecule has 1 heterocycles. The van der Waals surface area contributed by atoms with Gasteiger partial charge in [0.05, 0.1) is 17.8 Å². The first-order valence-corrected chi connectivity index (χ1v) is 8.48. The van der Waals surface area contributed by atoms with Crippen molar-refractivity contribution in [3.05, 3.63) is 59.2 Å². The number of urea groups is 1. The lowest BCUT2D eigenvalue weighted by Crippen LogP contribution is -2.23. The minimum atomic E-state index is -4.49. The van der Waals surface area contributed by atoms with Crippen molar-refractivity contribution >= 4 is 29.9 Å². The van der Waals surface area contributed by atoms with E-state index in [1.807, 2.05) is 0 Å². The zero-order chi connectivity index (χ0) is 20.1. The Morgan fingerprint density at radius 1 is 1.14 bits per heavy atom. The Bertz CT molecular complexity index is 912. The summed E-state index contributed by atoms with van der Waals surface area (Å²) in [6.07, 6.45) is -1.12. The lowest BCUT2D eigenvalue weighted by molar-refractivity contribution is -0.137. The molecule has 0 fully saturated rings. The summed E-state index contributed by atoms with van der Waals surface area (Å²) in [5, 5.41) is 9.04. The highest BCUT2D eigenvalue weighted by atomic mass is 19.4. The van der Waals surface area contributed by atoms with Crippen molar-refractivity contribution < 1.29 is 22.8 Å². The molecule has 0 bridgehead atoms. The van der Waals surface area contributed by atoms with E-state index in [1.165, 1.54) is 12.1 Å². The van der Waals surface area contributed by atoms with Crippen LogP contribution in [0.2, 0.25) is 0 Å². The Labute approximate surface area is 158 Å². The maximum absolute atomic E-state index is 12.8.